The van der Waals surface area contributed by atoms with Gasteiger partial charge in [0.2, 0.25) is 5.91 Å². The maximum Gasteiger partial charge on any atom is 0.328 e. The summed E-state index contributed by atoms with van der Waals surface area (Å²) < 4.78 is 4.82. The fourth-order valence-electron chi connectivity index (χ4n) is 2.74. The standard InChI is InChI=1S/C15H28N2O3/c1-6-11(4)12(13(18)20-5)17-14(19)15(10(2)3)7-8-16-9-15/h10-12,16H,6-9H2,1-5H3,(H,17,19). The predicted octanol–water partition coefficient (Wildman–Crippen LogP) is 1.33. The molecule has 1 rings (SSSR count). The molecule has 0 aromatic rings. The third-order valence-electron chi connectivity index (χ3n) is 4.70. The highest BCUT2D eigenvalue weighted by molar-refractivity contribution is 5.88. The molecule has 0 aromatic carbocycles. The molecule has 0 aliphatic carbocycles. The first kappa shape index (κ1) is 17.0. The molecule has 2 N–H and O–H groups in total. The van der Waals surface area contributed by atoms with E-state index in [0.29, 0.717) is 6.54 Å². The van der Waals surface area contributed by atoms with E-state index in [-0.39, 0.29) is 23.7 Å². The van der Waals surface area contributed by atoms with Crippen molar-refractivity contribution in [2.75, 3.05) is 20.2 Å². The smallest absolute Gasteiger partial charge is 0.328 e. The summed E-state index contributed by atoms with van der Waals surface area (Å²) >= 11 is 0. The molecule has 3 unspecified atom stereocenters. The molecule has 0 aromatic heterocycles. The van der Waals surface area contributed by atoms with Crippen LogP contribution in [0.25, 0.3) is 0 Å². The number of hydrogen-bond acceptors (Lipinski definition) is 4. The van der Waals surface area contributed by atoms with E-state index in [1.54, 1.807) is 0 Å². The lowest BCUT2D eigenvalue weighted by Gasteiger charge is -2.33. The summed E-state index contributed by atoms with van der Waals surface area (Å²) in [6, 6.07) is -0.561. The van der Waals surface area contributed by atoms with E-state index >= 15 is 0 Å². The zero-order valence-corrected chi connectivity index (χ0v) is 13.3. The van der Waals surface area contributed by atoms with Crippen molar-refractivity contribution in [1.82, 2.24) is 10.6 Å². The largest absolute Gasteiger partial charge is 0.467 e. The van der Waals surface area contributed by atoms with Gasteiger partial charge < -0.3 is 15.4 Å². The summed E-state index contributed by atoms with van der Waals surface area (Å²) in [4.78, 5) is 24.6. The van der Waals surface area contributed by atoms with Crippen molar-refractivity contribution in [3.05, 3.63) is 0 Å². The highest BCUT2D eigenvalue weighted by Gasteiger charge is 2.45. The number of carbonyl (C=O) groups excluding carboxylic acids is 2. The Morgan fingerprint density at radius 2 is 2.00 bits per heavy atom. The van der Waals surface area contributed by atoms with Crippen LogP contribution >= 0.6 is 0 Å². The Bertz CT molecular complexity index is 349. The first-order valence-corrected chi connectivity index (χ1v) is 7.48. The molecule has 1 saturated heterocycles. The van der Waals surface area contributed by atoms with Gasteiger partial charge in [0.25, 0.3) is 0 Å². The van der Waals surface area contributed by atoms with Crippen LogP contribution < -0.4 is 10.6 Å². The van der Waals surface area contributed by atoms with E-state index in [2.05, 4.69) is 24.5 Å². The molecule has 0 saturated carbocycles. The number of methoxy groups -OCH3 is 1. The minimum atomic E-state index is -0.561. The second-order valence-electron chi connectivity index (χ2n) is 6.10. The minimum absolute atomic E-state index is 0.0341. The highest BCUT2D eigenvalue weighted by Crippen LogP contribution is 2.34. The summed E-state index contributed by atoms with van der Waals surface area (Å²) in [5, 5.41) is 6.19. The summed E-state index contributed by atoms with van der Waals surface area (Å²) in [6.45, 7) is 9.59. The summed E-state index contributed by atoms with van der Waals surface area (Å²) in [7, 11) is 1.36. The molecule has 20 heavy (non-hydrogen) atoms. The highest BCUT2D eigenvalue weighted by atomic mass is 16.5. The lowest BCUT2D eigenvalue weighted by Crippen LogP contribution is -2.53. The summed E-state index contributed by atoms with van der Waals surface area (Å²) in [6.07, 6.45) is 1.62. The van der Waals surface area contributed by atoms with Gasteiger partial charge in [0.05, 0.1) is 12.5 Å². The Balaban J connectivity index is 2.86. The van der Waals surface area contributed by atoms with Crippen molar-refractivity contribution < 1.29 is 14.3 Å². The molecule has 5 heteroatoms. The summed E-state index contributed by atoms with van der Waals surface area (Å²) in [5.41, 5.74) is -0.417. The third-order valence-corrected chi connectivity index (χ3v) is 4.70. The number of rotatable bonds is 6. The fraction of sp³-hybridized carbons (Fsp3) is 0.867. The second kappa shape index (κ2) is 7.07. The fourth-order valence-corrected chi connectivity index (χ4v) is 2.74. The van der Waals surface area contributed by atoms with Gasteiger partial charge in [-0.2, -0.15) is 0 Å². The van der Waals surface area contributed by atoms with Gasteiger partial charge in [-0.15, -0.1) is 0 Å². The number of amides is 1. The maximum absolute atomic E-state index is 12.7. The first-order valence-electron chi connectivity index (χ1n) is 7.48. The predicted molar refractivity (Wildman–Crippen MR) is 78.2 cm³/mol. The normalized spacial score (nSPS) is 25.3. The van der Waals surface area contributed by atoms with E-state index in [9.17, 15) is 9.59 Å². The molecule has 1 aliphatic heterocycles. The van der Waals surface area contributed by atoms with E-state index in [1.165, 1.54) is 7.11 Å². The van der Waals surface area contributed by atoms with Crippen molar-refractivity contribution in [1.29, 1.82) is 0 Å². The van der Waals surface area contributed by atoms with Gasteiger partial charge in [-0.1, -0.05) is 34.1 Å². The monoisotopic (exact) mass is 284 g/mol. The van der Waals surface area contributed by atoms with Gasteiger partial charge in [0.1, 0.15) is 6.04 Å². The van der Waals surface area contributed by atoms with Crippen LogP contribution in [-0.2, 0) is 14.3 Å². The van der Waals surface area contributed by atoms with Gasteiger partial charge in [-0.3, -0.25) is 4.79 Å². The lowest BCUT2D eigenvalue weighted by atomic mass is 9.75. The van der Waals surface area contributed by atoms with Crippen LogP contribution in [0.15, 0.2) is 0 Å². The quantitative estimate of drug-likeness (QED) is 0.722. The minimum Gasteiger partial charge on any atom is -0.467 e. The molecule has 5 nitrogen and oxygen atoms in total. The number of nitrogens with one attached hydrogen (secondary N) is 2. The zero-order valence-electron chi connectivity index (χ0n) is 13.3. The van der Waals surface area contributed by atoms with Crippen LogP contribution in [0, 0.1) is 17.3 Å². The van der Waals surface area contributed by atoms with Crippen LogP contribution in [-0.4, -0.2) is 38.1 Å². The second-order valence-corrected chi connectivity index (χ2v) is 6.10. The molecular formula is C15H28N2O3. The van der Waals surface area contributed by atoms with E-state index < -0.39 is 11.5 Å². The van der Waals surface area contributed by atoms with E-state index in [0.717, 1.165) is 19.4 Å². The Kier molecular flexibility index (Phi) is 5.99. The van der Waals surface area contributed by atoms with E-state index in [1.807, 2.05) is 13.8 Å². The molecule has 1 aliphatic rings. The van der Waals surface area contributed by atoms with Crippen molar-refractivity contribution in [2.24, 2.45) is 17.3 Å². The van der Waals surface area contributed by atoms with Gasteiger partial charge in [0, 0.05) is 6.54 Å². The van der Waals surface area contributed by atoms with Crippen molar-refractivity contribution >= 4 is 11.9 Å². The molecule has 3 atom stereocenters. The number of ether oxygens (including phenoxy) is 1. The van der Waals surface area contributed by atoms with Crippen molar-refractivity contribution in [3.63, 3.8) is 0 Å². The third kappa shape index (κ3) is 3.32. The molecule has 0 bridgehead atoms. The summed E-state index contributed by atoms with van der Waals surface area (Å²) in [5.74, 6) is -0.108. The molecule has 116 valence electrons. The average Bonchev–Trinajstić information content (AvgIpc) is 2.93. The molecule has 0 radical (unpaired) electrons. The van der Waals surface area contributed by atoms with Crippen LogP contribution in [0.2, 0.25) is 0 Å². The molecule has 1 heterocycles. The Hall–Kier alpha value is -1.10. The number of hydrogen-bond donors (Lipinski definition) is 2. The van der Waals surface area contributed by atoms with Crippen molar-refractivity contribution in [2.45, 2.75) is 46.6 Å². The van der Waals surface area contributed by atoms with Crippen LogP contribution in [0.1, 0.15) is 40.5 Å². The van der Waals surface area contributed by atoms with Crippen molar-refractivity contribution in [3.8, 4) is 0 Å². The molecular weight excluding hydrogens is 256 g/mol. The number of carbonyl (C=O) groups is 2. The number of esters is 1. The Labute approximate surface area is 121 Å². The van der Waals surface area contributed by atoms with Gasteiger partial charge in [0.15, 0.2) is 0 Å². The van der Waals surface area contributed by atoms with Crippen LogP contribution in [0.4, 0.5) is 0 Å². The van der Waals surface area contributed by atoms with Gasteiger partial charge in [-0.25, -0.2) is 4.79 Å². The lowest BCUT2D eigenvalue weighted by molar-refractivity contribution is -0.148. The van der Waals surface area contributed by atoms with Gasteiger partial charge in [-0.05, 0) is 24.8 Å². The first-order chi connectivity index (χ1) is 9.39. The van der Waals surface area contributed by atoms with Crippen LogP contribution in [0.3, 0.4) is 0 Å². The Morgan fingerprint density at radius 3 is 2.40 bits per heavy atom. The maximum atomic E-state index is 12.7. The zero-order chi connectivity index (χ0) is 15.3. The Morgan fingerprint density at radius 1 is 1.35 bits per heavy atom. The average molecular weight is 284 g/mol. The van der Waals surface area contributed by atoms with Gasteiger partial charge >= 0.3 is 5.97 Å². The molecule has 0 spiro atoms. The van der Waals surface area contributed by atoms with E-state index in [4.69, 9.17) is 4.74 Å². The SMILES string of the molecule is CCC(C)C(NC(=O)C1(C(C)C)CCNC1)C(=O)OC. The molecule has 1 fully saturated rings. The molecule has 1 amide bonds. The van der Waals surface area contributed by atoms with Crippen LogP contribution in [0.5, 0.6) is 0 Å². The topological polar surface area (TPSA) is 67.4 Å².